The zero-order valence-corrected chi connectivity index (χ0v) is 6.39. The van der Waals surface area contributed by atoms with E-state index >= 15 is 0 Å². The van der Waals surface area contributed by atoms with Gasteiger partial charge in [0.1, 0.15) is 0 Å². The summed E-state index contributed by atoms with van der Waals surface area (Å²) in [7, 11) is 0. The maximum Gasteiger partial charge on any atom is 0.238 e. The van der Waals surface area contributed by atoms with Crippen molar-refractivity contribution < 1.29 is 4.79 Å². The third kappa shape index (κ3) is 1.70. The number of nitrogens with zero attached hydrogens (tertiary/aromatic N) is 1. The van der Waals surface area contributed by atoms with Crippen LogP contribution in [0.25, 0.3) is 0 Å². The van der Waals surface area contributed by atoms with Crippen LogP contribution < -0.4 is 5.43 Å². The monoisotopic (exact) mass is 142 g/mol. The van der Waals surface area contributed by atoms with Crippen molar-refractivity contribution in [2.45, 2.75) is 26.2 Å². The lowest BCUT2D eigenvalue weighted by atomic mass is 10.3. The Kier molecular flexibility index (Phi) is 2.68. The minimum atomic E-state index is 0.244. The zero-order chi connectivity index (χ0) is 7.40. The van der Waals surface area contributed by atoms with Gasteiger partial charge in [0, 0.05) is 19.5 Å². The molecule has 0 aromatic rings. The molecule has 0 aliphatic carbocycles. The average molecular weight is 142 g/mol. The molecule has 1 rings (SSSR count). The summed E-state index contributed by atoms with van der Waals surface area (Å²) in [6, 6.07) is 0. The van der Waals surface area contributed by atoms with Crippen LogP contribution in [-0.2, 0) is 4.79 Å². The number of rotatable bonds is 3. The number of carbonyl (C=O) groups is 1. The Balaban J connectivity index is 2.20. The number of amides is 1. The van der Waals surface area contributed by atoms with E-state index in [0.29, 0.717) is 6.42 Å². The third-order valence-electron chi connectivity index (χ3n) is 1.68. The molecule has 1 saturated heterocycles. The highest BCUT2D eigenvalue weighted by atomic mass is 16.2. The first-order valence-electron chi connectivity index (χ1n) is 3.88. The molecular weight excluding hydrogens is 128 g/mol. The molecular formula is C7H14N2O. The molecule has 0 unspecified atom stereocenters. The van der Waals surface area contributed by atoms with Crippen molar-refractivity contribution in [3.05, 3.63) is 0 Å². The second kappa shape index (κ2) is 3.56. The quantitative estimate of drug-likeness (QED) is 0.623. The molecule has 10 heavy (non-hydrogen) atoms. The van der Waals surface area contributed by atoms with Crippen molar-refractivity contribution >= 4 is 5.91 Å². The van der Waals surface area contributed by atoms with E-state index in [4.69, 9.17) is 0 Å². The van der Waals surface area contributed by atoms with Gasteiger partial charge in [0.15, 0.2) is 0 Å². The maximum absolute atomic E-state index is 10.9. The first-order valence-corrected chi connectivity index (χ1v) is 3.88. The summed E-state index contributed by atoms with van der Waals surface area (Å²) in [5, 5.41) is 1.73. The minimum Gasteiger partial charge on any atom is -0.278 e. The van der Waals surface area contributed by atoms with Gasteiger partial charge in [-0.3, -0.25) is 9.80 Å². The highest BCUT2D eigenvalue weighted by molar-refractivity contribution is 5.77. The van der Waals surface area contributed by atoms with Gasteiger partial charge >= 0.3 is 0 Å². The van der Waals surface area contributed by atoms with Crippen LogP contribution in [0, 0.1) is 0 Å². The Morgan fingerprint density at radius 1 is 1.70 bits per heavy atom. The van der Waals surface area contributed by atoms with Crippen LogP contribution in [0.3, 0.4) is 0 Å². The molecule has 0 aromatic carbocycles. The van der Waals surface area contributed by atoms with Gasteiger partial charge in [-0.2, -0.15) is 0 Å². The molecule has 1 fully saturated rings. The maximum atomic E-state index is 10.9. The molecule has 1 heterocycles. The molecule has 0 aromatic heterocycles. The van der Waals surface area contributed by atoms with Crippen LogP contribution in [0.5, 0.6) is 0 Å². The summed E-state index contributed by atoms with van der Waals surface area (Å²) in [5.41, 5.74) is 3.02. The summed E-state index contributed by atoms with van der Waals surface area (Å²) >= 11 is 0. The Bertz CT molecular complexity index is 125. The number of unbranched alkanes of at least 4 members (excludes halogenated alkanes) is 1. The lowest BCUT2D eigenvalue weighted by molar-refractivity contribution is -0.129. The van der Waals surface area contributed by atoms with E-state index in [0.717, 1.165) is 25.9 Å². The van der Waals surface area contributed by atoms with E-state index in [1.165, 1.54) is 0 Å². The van der Waals surface area contributed by atoms with Gasteiger partial charge in [-0.05, 0) is 6.42 Å². The number of nitrogens with one attached hydrogen (secondary N) is 1. The molecule has 0 atom stereocenters. The molecule has 1 N–H and O–H groups in total. The van der Waals surface area contributed by atoms with E-state index < -0.39 is 0 Å². The molecule has 1 aliphatic rings. The predicted molar refractivity (Wildman–Crippen MR) is 39.2 cm³/mol. The van der Waals surface area contributed by atoms with Crippen molar-refractivity contribution in [1.29, 1.82) is 0 Å². The summed E-state index contributed by atoms with van der Waals surface area (Å²) in [6.07, 6.45) is 2.91. The van der Waals surface area contributed by atoms with E-state index in [1.807, 2.05) is 0 Å². The van der Waals surface area contributed by atoms with E-state index in [1.54, 1.807) is 5.01 Å². The minimum absolute atomic E-state index is 0.244. The average Bonchev–Trinajstić information content (AvgIpc) is 2.31. The fourth-order valence-corrected chi connectivity index (χ4v) is 1.04. The SMILES string of the molecule is CCCCN1NCCC1=O. The summed E-state index contributed by atoms with van der Waals surface area (Å²) in [6.45, 7) is 3.82. The largest absolute Gasteiger partial charge is 0.278 e. The van der Waals surface area contributed by atoms with Crippen LogP contribution in [0.2, 0.25) is 0 Å². The fraction of sp³-hybridized carbons (Fsp3) is 0.857. The topological polar surface area (TPSA) is 32.3 Å². The lowest BCUT2D eigenvalue weighted by Gasteiger charge is -2.14. The summed E-state index contributed by atoms with van der Waals surface area (Å²) in [5.74, 6) is 0.244. The third-order valence-corrected chi connectivity index (χ3v) is 1.68. The molecule has 58 valence electrons. The standard InChI is InChI=1S/C7H14N2O/c1-2-3-6-9-7(10)4-5-8-9/h8H,2-6H2,1H3. The van der Waals surface area contributed by atoms with Crippen LogP contribution in [0.4, 0.5) is 0 Å². The van der Waals surface area contributed by atoms with Gasteiger partial charge in [-0.15, -0.1) is 0 Å². The van der Waals surface area contributed by atoms with Crippen molar-refractivity contribution in [3.8, 4) is 0 Å². The molecule has 0 saturated carbocycles. The summed E-state index contributed by atoms with van der Waals surface area (Å²) < 4.78 is 0. The van der Waals surface area contributed by atoms with E-state index in [-0.39, 0.29) is 5.91 Å². The Labute approximate surface area is 61.4 Å². The van der Waals surface area contributed by atoms with Gasteiger partial charge in [0.2, 0.25) is 5.91 Å². The van der Waals surface area contributed by atoms with Gasteiger partial charge < -0.3 is 0 Å². The van der Waals surface area contributed by atoms with Gasteiger partial charge in [0.05, 0.1) is 0 Å². The van der Waals surface area contributed by atoms with E-state index in [9.17, 15) is 4.79 Å². The number of hydrogen-bond acceptors (Lipinski definition) is 2. The molecule has 0 radical (unpaired) electrons. The highest BCUT2D eigenvalue weighted by Crippen LogP contribution is 2.00. The Hall–Kier alpha value is -0.570. The van der Waals surface area contributed by atoms with Crippen LogP contribution in [0.15, 0.2) is 0 Å². The second-order valence-corrected chi connectivity index (χ2v) is 2.56. The Morgan fingerprint density at radius 2 is 2.50 bits per heavy atom. The lowest BCUT2D eigenvalue weighted by Crippen LogP contribution is -2.34. The number of hydrazine groups is 1. The second-order valence-electron chi connectivity index (χ2n) is 2.56. The van der Waals surface area contributed by atoms with E-state index in [2.05, 4.69) is 12.3 Å². The molecule has 3 heteroatoms. The van der Waals surface area contributed by atoms with Crippen LogP contribution in [-0.4, -0.2) is 24.0 Å². The fourth-order valence-electron chi connectivity index (χ4n) is 1.04. The van der Waals surface area contributed by atoms with Crippen molar-refractivity contribution in [2.24, 2.45) is 0 Å². The zero-order valence-electron chi connectivity index (χ0n) is 6.39. The van der Waals surface area contributed by atoms with Crippen molar-refractivity contribution in [1.82, 2.24) is 10.4 Å². The number of hydrogen-bond donors (Lipinski definition) is 1. The molecule has 1 amide bonds. The van der Waals surface area contributed by atoms with Gasteiger partial charge in [-0.25, -0.2) is 5.43 Å². The van der Waals surface area contributed by atoms with Crippen LogP contribution in [0.1, 0.15) is 26.2 Å². The molecule has 1 aliphatic heterocycles. The van der Waals surface area contributed by atoms with Crippen molar-refractivity contribution in [2.75, 3.05) is 13.1 Å². The highest BCUT2D eigenvalue weighted by Gasteiger charge is 2.17. The molecule has 0 spiro atoms. The van der Waals surface area contributed by atoms with Gasteiger partial charge in [0.25, 0.3) is 0 Å². The molecule has 3 nitrogen and oxygen atoms in total. The Morgan fingerprint density at radius 3 is 3.00 bits per heavy atom. The number of carbonyl (C=O) groups excluding carboxylic acids is 1. The summed E-state index contributed by atoms with van der Waals surface area (Å²) in [4.78, 5) is 10.9. The first kappa shape index (κ1) is 7.54. The normalized spacial score (nSPS) is 18.5. The van der Waals surface area contributed by atoms with Gasteiger partial charge in [-0.1, -0.05) is 13.3 Å². The predicted octanol–water partition coefficient (Wildman–Crippen LogP) is 0.523. The molecule has 0 bridgehead atoms. The van der Waals surface area contributed by atoms with Crippen molar-refractivity contribution in [3.63, 3.8) is 0 Å². The van der Waals surface area contributed by atoms with Crippen LogP contribution >= 0.6 is 0 Å². The first-order chi connectivity index (χ1) is 4.84. The smallest absolute Gasteiger partial charge is 0.238 e.